The average molecular weight is 221 g/mol. The maximum Gasteiger partial charge on any atom is 0.203 e. The fraction of sp³-hybridized carbons (Fsp3) is 0.364. The first kappa shape index (κ1) is 10.2. The summed E-state index contributed by atoms with van der Waals surface area (Å²) in [5, 5.41) is 5.24. The van der Waals surface area contributed by atoms with Crippen molar-refractivity contribution in [1.82, 2.24) is 9.55 Å². The van der Waals surface area contributed by atoms with Gasteiger partial charge in [0.1, 0.15) is 0 Å². The zero-order valence-electron chi connectivity index (χ0n) is 9.24. The molecule has 0 spiro atoms. The van der Waals surface area contributed by atoms with Gasteiger partial charge in [0.25, 0.3) is 0 Å². The van der Waals surface area contributed by atoms with Gasteiger partial charge in [0.2, 0.25) is 5.95 Å². The van der Waals surface area contributed by atoms with Crippen LogP contribution in [0.15, 0.2) is 17.6 Å². The largest absolute Gasteiger partial charge is 0.359 e. The number of anilines is 1. The van der Waals surface area contributed by atoms with Crippen molar-refractivity contribution in [3.63, 3.8) is 0 Å². The number of nitrogens with zero attached hydrogens (tertiary/aromatic N) is 2. The highest BCUT2D eigenvalue weighted by molar-refractivity contribution is 7.10. The van der Waals surface area contributed by atoms with Crippen molar-refractivity contribution in [1.29, 1.82) is 0 Å². The summed E-state index contributed by atoms with van der Waals surface area (Å²) in [6.45, 7) is 5.06. The molecule has 0 aliphatic rings. The molecule has 0 aromatic carbocycles. The Morgan fingerprint density at radius 2 is 2.27 bits per heavy atom. The van der Waals surface area contributed by atoms with E-state index in [1.54, 1.807) is 11.3 Å². The molecular formula is C11H15N3S. The van der Waals surface area contributed by atoms with Gasteiger partial charge in [0.05, 0.1) is 12.2 Å². The summed E-state index contributed by atoms with van der Waals surface area (Å²) < 4.78 is 2.15. The Labute approximate surface area is 93.8 Å². The first-order valence-corrected chi connectivity index (χ1v) is 5.83. The van der Waals surface area contributed by atoms with E-state index >= 15 is 0 Å². The molecule has 0 saturated heterocycles. The molecule has 0 amide bonds. The average Bonchev–Trinajstić information content (AvgIpc) is 2.75. The van der Waals surface area contributed by atoms with E-state index in [1.807, 2.05) is 14.0 Å². The summed E-state index contributed by atoms with van der Waals surface area (Å²) in [4.78, 5) is 5.79. The zero-order valence-corrected chi connectivity index (χ0v) is 10.1. The van der Waals surface area contributed by atoms with E-state index in [4.69, 9.17) is 0 Å². The fourth-order valence-electron chi connectivity index (χ4n) is 1.59. The summed E-state index contributed by atoms with van der Waals surface area (Å²) in [6.07, 6.45) is 2.07. The smallest absolute Gasteiger partial charge is 0.203 e. The minimum absolute atomic E-state index is 0.903. The fourth-order valence-corrected chi connectivity index (χ4v) is 2.49. The van der Waals surface area contributed by atoms with E-state index in [9.17, 15) is 0 Å². The third kappa shape index (κ3) is 2.04. The summed E-state index contributed by atoms with van der Waals surface area (Å²) in [5.41, 5.74) is 2.40. The molecule has 0 aliphatic heterocycles. The molecule has 3 nitrogen and oxygen atoms in total. The van der Waals surface area contributed by atoms with Crippen molar-refractivity contribution in [2.24, 2.45) is 0 Å². The number of thiophene rings is 1. The lowest BCUT2D eigenvalue weighted by atomic mass is 10.3. The molecule has 2 aromatic heterocycles. The van der Waals surface area contributed by atoms with E-state index in [0.29, 0.717) is 0 Å². The molecule has 0 aliphatic carbocycles. The van der Waals surface area contributed by atoms with Crippen molar-refractivity contribution in [3.05, 3.63) is 33.8 Å². The van der Waals surface area contributed by atoms with Gasteiger partial charge < -0.3 is 9.88 Å². The summed E-state index contributed by atoms with van der Waals surface area (Å²) in [7, 11) is 1.90. The van der Waals surface area contributed by atoms with Gasteiger partial charge >= 0.3 is 0 Å². The SMILES string of the molecule is CNc1nc(C)cn1Cc1sccc1C. The second kappa shape index (κ2) is 4.06. The molecule has 2 heterocycles. The Hall–Kier alpha value is -1.29. The van der Waals surface area contributed by atoms with Crippen molar-refractivity contribution >= 4 is 17.3 Å². The van der Waals surface area contributed by atoms with Crippen LogP contribution in [-0.4, -0.2) is 16.6 Å². The van der Waals surface area contributed by atoms with Gasteiger partial charge in [-0.05, 0) is 30.9 Å². The molecule has 0 saturated carbocycles. The number of aryl methyl sites for hydroxylation is 2. The molecule has 2 rings (SSSR count). The van der Waals surface area contributed by atoms with Crippen LogP contribution in [-0.2, 0) is 6.54 Å². The summed E-state index contributed by atoms with van der Waals surface area (Å²) >= 11 is 1.80. The minimum Gasteiger partial charge on any atom is -0.359 e. The molecule has 0 radical (unpaired) electrons. The third-order valence-electron chi connectivity index (χ3n) is 2.40. The van der Waals surface area contributed by atoms with Crippen LogP contribution < -0.4 is 5.32 Å². The minimum atomic E-state index is 0.903. The standard InChI is InChI=1S/C11H15N3S/c1-8-4-5-15-10(8)7-14-6-9(2)13-11(14)12-3/h4-6H,7H2,1-3H3,(H,12,13). The molecule has 0 fully saturated rings. The highest BCUT2D eigenvalue weighted by Gasteiger charge is 2.06. The molecule has 4 heteroatoms. The number of nitrogens with one attached hydrogen (secondary N) is 1. The second-order valence-electron chi connectivity index (χ2n) is 3.61. The Kier molecular flexibility index (Phi) is 2.77. The second-order valence-corrected chi connectivity index (χ2v) is 4.61. The van der Waals surface area contributed by atoms with Crippen LogP contribution in [0.2, 0.25) is 0 Å². The van der Waals surface area contributed by atoms with Crippen LogP contribution >= 0.6 is 11.3 Å². The molecule has 15 heavy (non-hydrogen) atoms. The molecule has 2 aromatic rings. The van der Waals surface area contributed by atoms with Gasteiger partial charge in [-0.15, -0.1) is 11.3 Å². The first-order chi connectivity index (χ1) is 7.20. The predicted molar refractivity (Wildman–Crippen MR) is 64.7 cm³/mol. The molecule has 0 atom stereocenters. The van der Waals surface area contributed by atoms with Crippen molar-refractivity contribution in [3.8, 4) is 0 Å². The molecule has 1 N–H and O–H groups in total. The summed E-state index contributed by atoms with van der Waals surface area (Å²) in [6, 6.07) is 2.16. The van der Waals surface area contributed by atoms with Crippen LogP contribution in [0.3, 0.4) is 0 Å². The van der Waals surface area contributed by atoms with Gasteiger partial charge in [-0.1, -0.05) is 0 Å². The Morgan fingerprint density at radius 3 is 2.87 bits per heavy atom. The predicted octanol–water partition coefficient (Wildman–Crippen LogP) is 2.65. The Bertz CT molecular complexity index is 456. The molecule has 80 valence electrons. The normalized spacial score (nSPS) is 10.6. The van der Waals surface area contributed by atoms with Crippen LogP contribution in [0.25, 0.3) is 0 Å². The van der Waals surface area contributed by atoms with Gasteiger partial charge in [-0.2, -0.15) is 0 Å². The monoisotopic (exact) mass is 221 g/mol. The zero-order chi connectivity index (χ0) is 10.8. The lowest BCUT2D eigenvalue weighted by Gasteiger charge is -2.05. The number of hydrogen-bond donors (Lipinski definition) is 1. The van der Waals surface area contributed by atoms with Gasteiger partial charge in [0, 0.05) is 18.1 Å². The lowest BCUT2D eigenvalue weighted by Crippen LogP contribution is -2.03. The van der Waals surface area contributed by atoms with Crippen molar-refractivity contribution in [2.45, 2.75) is 20.4 Å². The Balaban J connectivity index is 2.27. The topological polar surface area (TPSA) is 29.9 Å². The Morgan fingerprint density at radius 1 is 1.47 bits per heavy atom. The third-order valence-corrected chi connectivity index (χ3v) is 3.41. The maximum absolute atomic E-state index is 4.40. The summed E-state index contributed by atoms with van der Waals surface area (Å²) in [5.74, 6) is 0.931. The number of aromatic nitrogens is 2. The van der Waals surface area contributed by atoms with Gasteiger partial charge in [-0.3, -0.25) is 0 Å². The van der Waals surface area contributed by atoms with E-state index in [0.717, 1.165) is 18.2 Å². The lowest BCUT2D eigenvalue weighted by molar-refractivity contribution is 0.813. The molecular weight excluding hydrogens is 206 g/mol. The highest BCUT2D eigenvalue weighted by Crippen LogP contribution is 2.19. The van der Waals surface area contributed by atoms with Crippen LogP contribution in [0.1, 0.15) is 16.1 Å². The van der Waals surface area contributed by atoms with Crippen LogP contribution in [0.4, 0.5) is 5.95 Å². The molecule has 0 bridgehead atoms. The van der Waals surface area contributed by atoms with Crippen molar-refractivity contribution in [2.75, 3.05) is 12.4 Å². The van der Waals surface area contributed by atoms with Crippen molar-refractivity contribution < 1.29 is 0 Å². The highest BCUT2D eigenvalue weighted by atomic mass is 32.1. The first-order valence-electron chi connectivity index (χ1n) is 4.95. The molecule has 0 unspecified atom stereocenters. The van der Waals surface area contributed by atoms with E-state index in [1.165, 1.54) is 10.4 Å². The number of rotatable bonds is 3. The van der Waals surface area contributed by atoms with Crippen LogP contribution in [0.5, 0.6) is 0 Å². The van der Waals surface area contributed by atoms with Gasteiger partial charge in [-0.25, -0.2) is 4.98 Å². The van der Waals surface area contributed by atoms with E-state index in [2.05, 4.69) is 39.4 Å². The number of hydrogen-bond acceptors (Lipinski definition) is 3. The maximum atomic E-state index is 4.40. The van der Waals surface area contributed by atoms with Crippen LogP contribution in [0, 0.1) is 13.8 Å². The number of imidazole rings is 1. The van der Waals surface area contributed by atoms with Gasteiger partial charge in [0.15, 0.2) is 0 Å². The van der Waals surface area contributed by atoms with E-state index in [-0.39, 0.29) is 0 Å². The van der Waals surface area contributed by atoms with E-state index < -0.39 is 0 Å². The quantitative estimate of drug-likeness (QED) is 0.863.